The maximum atomic E-state index is 10.8. The topological polar surface area (TPSA) is 59.4 Å². The van der Waals surface area contributed by atoms with Crippen LogP contribution in [0.4, 0.5) is 0 Å². The quantitative estimate of drug-likeness (QED) is 0.897. The van der Waals surface area contributed by atoms with Gasteiger partial charge in [-0.25, -0.2) is 4.79 Å². The Balaban J connectivity index is 1.95. The highest BCUT2D eigenvalue weighted by Gasteiger charge is 2.31. The molecule has 3 atom stereocenters. The van der Waals surface area contributed by atoms with Crippen LogP contribution in [0.25, 0.3) is 0 Å². The van der Waals surface area contributed by atoms with Crippen molar-refractivity contribution in [2.24, 2.45) is 17.8 Å². The molecule has 4 nitrogen and oxygen atoms in total. The van der Waals surface area contributed by atoms with Crippen LogP contribution < -0.4 is 0 Å². The van der Waals surface area contributed by atoms with E-state index in [9.17, 15) is 4.79 Å². The molecule has 1 aromatic rings. The fourth-order valence-electron chi connectivity index (χ4n) is 3.14. The normalized spacial score (nSPS) is 26.0. The molecule has 0 radical (unpaired) electrons. The smallest absolute Gasteiger partial charge is 0.337 e. The molecule has 1 aromatic heterocycles. The molecule has 21 heavy (non-hydrogen) atoms. The minimum absolute atomic E-state index is 0.213. The monoisotopic (exact) mass is 291 g/mol. The lowest BCUT2D eigenvalue weighted by atomic mass is 9.75. The van der Waals surface area contributed by atoms with E-state index in [1.54, 1.807) is 12.1 Å². The van der Waals surface area contributed by atoms with E-state index in [-0.39, 0.29) is 11.7 Å². The molecule has 0 spiro atoms. The van der Waals surface area contributed by atoms with Gasteiger partial charge < -0.3 is 9.84 Å². The molecule has 1 saturated carbocycles. The van der Waals surface area contributed by atoms with Crippen molar-refractivity contribution in [2.75, 3.05) is 0 Å². The fraction of sp³-hybridized carbons (Fsp3) is 0.647. The van der Waals surface area contributed by atoms with Crippen LogP contribution in [0.1, 0.15) is 56.1 Å². The van der Waals surface area contributed by atoms with E-state index < -0.39 is 5.97 Å². The second kappa shape index (κ2) is 7.03. The lowest BCUT2D eigenvalue weighted by molar-refractivity contribution is -0.0483. The molecule has 0 bridgehead atoms. The summed E-state index contributed by atoms with van der Waals surface area (Å²) >= 11 is 0. The molecule has 1 aliphatic rings. The summed E-state index contributed by atoms with van der Waals surface area (Å²) in [6.45, 7) is 7.27. The highest BCUT2D eigenvalue weighted by atomic mass is 16.5. The van der Waals surface area contributed by atoms with E-state index in [1.807, 2.05) is 0 Å². The molecule has 4 heteroatoms. The van der Waals surface area contributed by atoms with Gasteiger partial charge in [0.1, 0.15) is 0 Å². The number of carboxylic acids is 1. The van der Waals surface area contributed by atoms with Crippen LogP contribution in [-0.2, 0) is 11.3 Å². The average molecular weight is 291 g/mol. The van der Waals surface area contributed by atoms with Gasteiger partial charge in [-0.15, -0.1) is 0 Å². The summed E-state index contributed by atoms with van der Waals surface area (Å²) in [5.74, 6) is 1.01. The fourth-order valence-corrected chi connectivity index (χ4v) is 3.14. The second-order valence-corrected chi connectivity index (χ2v) is 6.52. The van der Waals surface area contributed by atoms with Gasteiger partial charge in [0.2, 0.25) is 0 Å². The van der Waals surface area contributed by atoms with Crippen molar-refractivity contribution >= 4 is 5.97 Å². The molecule has 0 saturated heterocycles. The van der Waals surface area contributed by atoms with Crippen LogP contribution in [0.5, 0.6) is 0 Å². The van der Waals surface area contributed by atoms with Crippen LogP contribution in [0, 0.1) is 17.8 Å². The first kappa shape index (κ1) is 16.0. The predicted octanol–water partition coefficient (Wildman–Crippen LogP) is 3.76. The van der Waals surface area contributed by atoms with Gasteiger partial charge in [0.25, 0.3) is 0 Å². The first-order chi connectivity index (χ1) is 9.97. The zero-order chi connectivity index (χ0) is 15.4. The van der Waals surface area contributed by atoms with E-state index in [4.69, 9.17) is 9.84 Å². The number of carbonyl (C=O) groups is 1. The standard InChI is InChI=1S/C17H25NO3/c1-11(2)15-7-4-12(3)8-16(15)21-10-14-6-5-13(9-18-14)17(19)20/h5-6,9,11-12,15-16H,4,7-8,10H2,1-3H3,(H,19,20). The number of rotatable bonds is 5. The Bertz CT molecular complexity index is 469. The van der Waals surface area contributed by atoms with Crippen LogP contribution in [0.2, 0.25) is 0 Å². The summed E-state index contributed by atoms with van der Waals surface area (Å²) in [6, 6.07) is 3.32. The second-order valence-electron chi connectivity index (χ2n) is 6.52. The predicted molar refractivity (Wildman–Crippen MR) is 81.1 cm³/mol. The summed E-state index contributed by atoms with van der Waals surface area (Å²) < 4.78 is 6.10. The van der Waals surface area contributed by atoms with E-state index >= 15 is 0 Å². The molecule has 3 unspecified atom stereocenters. The number of carboxylic acid groups (broad SMARTS) is 1. The minimum atomic E-state index is -0.948. The average Bonchev–Trinajstić information content (AvgIpc) is 2.45. The van der Waals surface area contributed by atoms with Gasteiger partial charge in [-0.1, -0.05) is 27.2 Å². The Labute approximate surface area is 126 Å². The summed E-state index contributed by atoms with van der Waals surface area (Å²) in [4.78, 5) is 15.0. The SMILES string of the molecule is CC1CCC(C(C)C)C(OCc2ccc(C(=O)O)cn2)C1. The number of pyridine rings is 1. The van der Waals surface area contributed by atoms with Crippen molar-refractivity contribution < 1.29 is 14.6 Å². The van der Waals surface area contributed by atoms with Crippen LogP contribution in [0.15, 0.2) is 18.3 Å². The number of ether oxygens (including phenoxy) is 1. The first-order valence-electron chi connectivity index (χ1n) is 7.77. The molecule has 1 fully saturated rings. The Kier molecular flexibility index (Phi) is 5.34. The Hall–Kier alpha value is -1.42. The molecule has 1 heterocycles. The number of hydrogen-bond donors (Lipinski definition) is 1. The summed E-state index contributed by atoms with van der Waals surface area (Å²) in [6.07, 6.45) is 5.30. The third-order valence-corrected chi connectivity index (χ3v) is 4.48. The zero-order valence-electron chi connectivity index (χ0n) is 13.1. The third kappa shape index (κ3) is 4.27. The van der Waals surface area contributed by atoms with Crippen molar-refractivity contribution in [1.29, 1.82) is 0 Å². The molecular weight excluding hydrogens is 266 g/mol. The van der Waals surface area contributed by atoms with Crippen molar-refractivity contribution in [3.63, 3.8) is 0 Å². The molecule has 0 aromatic carbocycles. The summed E-state index contributed by atoms with van der Waals surface area (Å²) in [5.41, 5.74) is 1.01. The number of aromatic nitrogens is 1. The van der Waals surface area contributed by atoms with Crippen molar-refractivity contribution in [3.05, 3.63) is 29.6 Å². The minimum Gasteiger partial charge on any atom is -0.478 e. The largest absolute Gasteiger partial charge is 0.478 e. The lowest BCUT2D eigenvalue weighted by Gasteiger charge is -2.37. The number of nitrogens with zero attached hydrogens (tertiary/aromatic N) is 1. The van der Waals surface area contributed by atoms with E-state index in [0.717, 1.165) is 12.1 Å². The van der Waals surface area contributed by atoms with Gasteiger partial charge in [0, 0.05) is 6.20 Å². The summed E-state index contributed by atoms with van der Waals surface area (Å²) in [5, 5.41) is 8.86. The molecule has 1 N–H and O–H groups in total. The van der Waals surface area contributed by atoms with Gasteiger partial charge >= 0.3 is 5.97 Å². The zero-order valence-corrected chi connectivity index (χ0v) is 13.1. The first-order valence-corrected chi connectivity index (χ1v) is 7.77. The molecule has 1 aliphatic carbocycles. The lowest BCUT2D eigenvalue weighted by Crippen LogP contribution is -2.34. The third-order valence-electron chi connectivity index (χ3n) is 4.48. The molecule has 0 aliphatic heterocycles. The Morgan fingerprint density at radius 3 is 2.76 bits per heavy atom. The van der Waals surface area contributed by atoms with Crippen LogP contribution >= 0.6 is 0 Å². The van der Waals surface area contributed by atoms with Crippen LogP contribution in [-0.4, -0.2) is 22.2 Å². The molecule has 116 valence electrons. The van der Waals surface area contributed by atoms with Gasteiger partial charge in [0.15, 0.2) is 0 Å². The van der Waals surface area contributed by atoms with Crippen LogP contribution in [0.3, 0.4) is 0 Å². The molecular formula is C17H25NO3. The molecule has 0 amide bonds. The van der Waals surface area contributed by atoms with E-state index in [1.165, 1.54) is 19.0 Å². The highest BCUT2D eigenvalue weighted by molar-refractivity contribution is 5.87. The van der Waals surface area contributed by atoms with Gasteiger partial charge in [-0.3, -0.25) is 4.98 Å². The van der Waals surface area contributed by atoms with Crippen molar-refractivity contribution in [1.82, 2.24) is 4.98 Å². The van der Waals surface area contributed by atoms with Gasteiger partial charge in [-0.2, -0.15) is 0 Å². The number of aromatic carboxylic acids is 1. The van der Waals surface area contributed by atoms with E-state index in [0.29, 0.717) is 24.4 Å². The van der Waals surface area contributed by atoms with Gasteiger partial charge in [-0.05, 0) is 42.7 Å². The highest BCUT2D eigenvalue weighted by Crippen LogP contribution is 2.35. The van der Waals surface area contributed by atoms with E-state index in [2.05, 4.69) is 25.8 Å². The maximum absolute atomic E-state index is 10.8. The summed E-state index contributed by atoms with van der Waals surface area (Å²) in [7, 11) is 0. The van der Waals surface area contributed by atoms with Crippen molar-refractivity contribution in [3.8, 4) is 0 Å². The molecule has 2 rings (SSSR count). The maximum Gasteiger partial charge on any atom is 0.337 e. The Morgan fingerprint density at radius 1 is 1.43 bits per heavy atom. The van der Waals surface area contributed by atoms with Crippen molar-refractivity contribution in [2.45, 2.75) is 52.7 Å². The Morgan fingerprint density at radius 2 is 2.19 bits per heavy atom. The van der Waals surface area contributed by atoms with Gasteiger partial charge in [0.05, 0.1) is 24.0 Å². The number of hydrogen-bond acceptors (Lipinski definition) is 3.